The Kier molecular flexibility index (Phi) is 2.60. The molecule has 0 spiro atoms. The maximum absolute atomic E-state index is 5.52. The van der Waals surface area contributed by atoms with Crippen molar-refractivity contribution in [3.63, 3.8) is 0 Å². The van der Waals surface area contributed by atoms with Gasteiger partial charge in [-0.15, -0.1) is 11.3 Å². The molecule has 0 unspecified atom stereocenters. The van der Waals surface area contributed by atoms with Gasteiger partial charge in [0.15, 0.2) is 0 Å². The van der Waals surface area contributed by atoms with Crippen LogP contribution in [-0.4, -0.2) is 9.97 Å². The minimum Gasteiger partial charge on any atom is -0.384 e. The first-order chi connectivity index (χ1) is 6.84. The molecule has 2 aromatic heterocycles. The van der Waals surface area contributed by atoms with E-state index < -0.39 is 0 Å². The number of thiophene rings is 1. The van der Waals surface area contributed by atoms with Crippen LogP contribution in [0.25, 0.3) is 0 Å². The standard InChI is InChI=1S/C9H10N4S/c10-8-3-4-11-9(13-8)12-6-7-2-1-5-14-7/h1-5H,6H2,(H3,10,11,12,13). The minimum atomic E-state index is 0.480. The van der Waals surface area contributed by atoms with Crippen LogP contribution in [0.2, 0.25) is 0 Å². The first kappa shape index (κ1) is 8.96. The van der Waals surface area contributed by atoms with E-state index >= 15 is 0 Å². The van der Waals surface area contributed by atoms with Gasteiger partial charge in [-0.3, -0.25) is 0 Å². The van der Waals surface area contributed by atoms with Crippen molar-refractivity contribution in [1.82, 2.24) is 9.97 Å². The number of nitrogens with one attached hydrogen (secondary N) is 1. The lowest BCUT2D eigenvalue weighted by Gasteiger charge is -2.02. The maximum Gasteiger partial charge on any atom is 0.224 e. The van der Waals surface area contributed by atoms with Crippen LogP contribution < -0.4 is 11.1 Å². The SMILES string of the molecule is Nc1ccnc(NCc2cccs2)n1. The van der Waals surface area contributed by atoms with Gasteiger partial charge in [-0.25, -0.2) is 4.98 Å². The average molecular weight is 206 g/mol. The smallest absolute Gasteiger partial charge is 0.224 e. The molecule has 0 aromatic carbocycles. The third-order valence-electron chi connectivity index (χ3n) is 1.68. The first-order valence-electron chi connectivity index (χ1n) is 4.19. The fourth-order valence-electron chi connectivity index (χ4n) is 1.04. The monoisotopic (exact) mass is 206 g/mol. The second-order valence-electron chi connectivity index (χ2n) is 2.74. The summed E-state index contributed by atoms with van der Waals surface area (Å²) in [5.74, 6) is 1.05. The highest BCUT2D eigenvalue weighted by Crippen LogP contribution is 2.10. The molecule has 14 heavy (non-hydrogen) atoms. The number of hydrogen-bond acceptors (Lipinski definition) is 5. The van der Waals surface area contributed by atoms with Gasteiger partial charge in [0, 0.05) is 11.1 Å². The van der Waals surface area contributed by atoms with Gasteiger partial charge < -0.3 is 11.1 Å². The lowest BCUT2D eigenvalue weighted by molar-refractivity contribution is 1.08. The number of nitrogen functional groups attached to an aromatic ring is 1. The quantitative estimate of drug-likeness (QED) is 0.802. The summed E-state index contributed by atoms with van der Waals surface area (Å²) >= 11 is 1.70. The molecule has 0 saturated heterocycles. The van der Waals surface area contributed by atoms with E-state index in [1.165, 1.54) is 4.88 Å². The van der Waals surface area contributed by atoms with Crippen LogP contribution >= 0.6 is 11.3 Å². The topological polar surface area (TPSA) is 63.8 Å². The Bertz CT molecular complexity index is 399. The van der Waals surface area contributed by atoms with Gasteiger partial charge in [0.1, 0.15) is 5.82 Å². The third kappa shape index (κ3) is 2.20. The molecule has 0 aliphatic rings. The van der Waals surface area contributed by atoms with Gasteiger partial charge in [0.2, 0.25) is 5.95 Å². The van der Waals surface area contributed by atoms with E-state index in [4.69, 9.17) is 5.73 Å². The molecule has 0 aliphatic carbocycles. The Morgan fingerprint density at radius 2 is 2.36 bits per heavy atom. The minimum absolute atomic E-state index is 0.480. The van der Waals surface area contributed by atoms with Crippen molar-refractivity contribution in [2.24, 2.45) is 0 Å². The molecular weight excluding hydrogens is 196 g/mol. The molecule has 2 aromatic rings. The molecular formula is C9H10N4S. The zero-order chi connectivity index (χ0) is 9.80. The van der Waals surface area contributed by atoms with E-state index in [2.05, 4.69) is 21.4 Å². The van der Waals surface area contributed by atoms with Crippen LogP contribution in [0.4, 0.5) is 11.8 Å². The zero-order valence-corrected chi connectivity index (χ0v) is 8.29. The van der Waals surface area contributed by atoms with Crippen LogP contribution in [0.5, 0.6) is 0 Å². The Morgan fingerprint density at radius 3 is 3.07 bits per heavy atom. The Morgan fingerprint density at radius 1 is 1.43 bits per heavy atom. The van der Waals surface area contributed by atoms with Crippen molar-refractivity contribution in [2.45, 2.75) is 6.54 Å². The summed E-state index contributed by atoms with van der Waals surface area (Å²) in [6, 6.07) is 5.74. The number of nitrogens with zero attached hydrogens (tertiary/aromatic N) is 2. The molecule has 0 amide bonds. The number of nitrogens with two attached hydrogens (primary N) is 1. The molecule has 2 rings (SSSR count). The second-order valence-corrected chi connectivity index (χ2v) is 3.77. The van der Waals surface area contributed by atoms with Gasteiger partial charge in [-0.05, 0) is 17.5 Å². The van der Waals surface area contributed by atoms with Gasteiger partial charge >= 0.3 is 0 Å². The van der Waals surface area contributed by atoms with Gasteiger partial charge in [0.25, 0.3) is 0 Å². The molecule has 2 heterocycles. The molecule has 5 heteroatoms. The van der Waals surface area contributed by atoms with Crippen LogP contribution in [0, 0.1) is 0 Å². The number of anilines is 2. The van der Waals surface area contributed by atoms with E-state index in [9.17, 15) is 0 Å². The Balaban J connectivity index is 1.98. The highest BCUT2D eigenvalue weighted by Gasteiger charge is 1.96. The van der Waals surface area contributed by atoms with Crippen LogP contribution in [-0.2, 0) is 6.54 Å². The summed E-state index contributed by atoms with van der Waals surface area (Å²) in [6.07, 6.45) is 1.64. The number of hydrogen-bond donors (Lipinski definition) is 2. The van der Waals surface area contributed by atoms with E-state index in [0.717, 1.165) is 6.54 Å². The average Bonchev–Trinajstić information content (AvgIpc) is 2.67. The van der Waals surface area contributed by atoms with Crippen molar-refractivity contribution in [3.05, 3.63) is 34.7 Å². The molecule has 0 aliphatic heterocycles. The predicted molar refractivity (Wildman–Crippen MR) is 58.1 cm³/mol. The third-order valence-corrected chi connectivity index (χ3v) is 2.55. The Labute approximate surface area is 85.8 Å². The maximum atomic E-state index is 5.52. The van der Waals surface area contributed by atoms with E-state index in [1.807, 2.05) is 11.4 Å². The summed E-state index contributed by atoms with van der Waals surface area (Å²) in [7, 11) is 0. The molecule has 72 valence electrons. The van der Waals surface area contributed by atoms with Crippen molar-refractivity contribution in [2.75, 3.05) is 11.1 Å². The highest BCUT2D eigenvalue weighted by molar-refractivity contribution is 7.09. The molecule has 0 saturated carbocycles. The van der Waals surface area contributed by atoms with Crippen LogP contribution in [0.1, 0.15) is 4.88 Å². The molecule has 4 nitrogen and oxygen atoms in total. The predicted octanol–water partition coefficient (Wildman–Crippen LogP) is 1.73. The summed E-state index contributed by atoms with van der Waals surface area (Å²) in [5.41, 5.74) is 5.52. The normalized spacial score (nSPS) is 10.0. The van der Waals surface area contributed by atoms with E-state index in [0.29, 0.717) is 11.8 Å². The van der Waals surface area contributed by atoms with Gasteiger partial charge in [-0.2, -0.15) is 4.98 Å². The molecule has 0 bridgehead atoms. The summed E-state index contributed by atoms with van der Waals surface area (Å²) in [6.45, 7) is 0.737. The molecule has 0 fully saturated rings. The summed E-state index contributed by atoms with van der Waals surface area (Å²) in [4.78, 5) is 9.32. The number of aromatic nitrogens is 2. The van der Waals surface area contributed by atoms with E-state index in [1.54, 1.807) is 23.6 Å². The van der Waals surface area contributed by atoms with Gasteiger partial charge in [0.05, 0.1) is 6.54 Å². The lowest BCUT2D eigenvalue weighted by atomic mass is 10.5. The summed E-state index contributed by atoms with van der Waals surface area (Å²) < 4.78 is 0. The molecule has 0 radical (unpaired) electrons. The lowest BCUT2D eigenvalue weighted by Crippen LogP contribution is -2.03. The van der Waals surface area contributed by atoms with Crippen molar-refractivity contribution in [3.8, 4) is 0 Å². The van der Waals surface area contributed by atoms with E-state index in [-0.39, 0.29) is 0 Å². The van der Waals surface area contributed by atoms with Crippen LogP contribution in [0.15, 0.2) is 29.8 Å². The van der Waals surface area contributed by atoms with Gasteiger partial charge in [-0.1, -0.05) is 6.07 Å². The van der Waals surface area contributed by atoms with Crippen molar-refractivity contribution in [1.29, 1.82) is 0 Å². The summed E-state index contributed by atoms with van der Waals surface area (Å²) in [5, 5.41) is 5.13. The molecule has 0 atom stereocenters. The highest BCUT2D eigenvalue weighted by atomic mass is 32.1. The largest absolute Gasteiger partial charge is 0.384 e. The Hall–Kier alpha value is -1.62. The fourth-order valence-corrected chi connectivity index (χ4v) is 1.68. The second kappa shape index (κ2) is 4.06. The molecule has 3 N–H and O–H groups in total. The zero-order valence-electron chi connectivity index (χ0n) is 7.47. The van der Waals surface area contributed by atoms with Crippen molar-refractivity contribution < 1.29 is 0 Å². The number of rotatable bonds is 3. The fraction of sp³-hybridized carbons (Fsp3) is 0.111. The van der Waals surface area contributed by atoms with Crippen molar-refractivity contribution >= 4 is 23.1 Å². The van der Waals surface area contributed by atoms with Crippen LogP contribution in [0.3, 0.4) is 0 Å². The first-order valence-corrected chi connectivity index (χ1v) is 5.07.